The quantitative estimate of drug-likeness (QED) is 0.914. The third-order valence-corrected chi connectivity index (χ3v) is 5.41. The van der Waals surface area contributed by atoms with E-state index in [4.69, 9.17) is 0 Å². The molecule has 4 heteroatoms. The topological polar surface area (TPSA) is 32.3 Å². The standard InChI is InChI=1S/C15H22N2OS/c1-11-5-6-14(19-11)3-2-4-15(18)17-9-12-7-16-8-13(12)10-17/h5-6,12-13,16H,2-4,7-10H2,1H3/t12-,13+. The number of likely N-dealkylation sites (tertiary alicyclic amines) is 1. The van der Waals surface area contributed by atoms with Crippen LogP contribution in [-0.4, -0.2) is 37.0 Å². The summed E-state index contributed by atoms with van der Waals surface area (Å²) in [5, 5.41) is 3.41. The van der Waals surface area contributed by atoms with Crippen LogP contribution in [0.1, 0.15) is 22.6 Å². The molecule has 0 bridgehead atoms. The molecule has 3 heterocycles. The number of thiophene rings is 1. The van der Waals surface area contributed by atoms with Gasteiger partial charge in [0.25, 0.3) is 0 Å². The van der Waals surface area contributed by atoms with Crippen molar-refractivity contribution in [2.45, 2.75) is 26.2 Å². The largest absolute Gasteiger partial charge is 0.342 e. The Bertz CT molecular complexity index is 445. The van der Waals surface area contributed by atoms with Crippen molar-refractivity contribution in [3.63, 3.8) is 0 Å². The first-order valence-corrected chi connectivity index (χ1v) is 8.08. The normalized spacial score (nSPS) is 25.8. The lowest BCUT2D eigenvalue weighted by Crippen LogP contribution is -2.31. The van der Waals surface area contributed by atoms with E-state index in [2.05, 4.69) is 29.3 Å². The van der Waals surface area contributed by atoms with Gasteiger partial charge in [0.1, 0.15) is 0 Å². The minimum absolute atomic E-state index is 0.364. The predicted molar refractivity (Wildman–Crippen MR) is 78.4 cm³/mol. The second kappa shape index (κ2) is 5.63. The number of aryl methyl sites for hydroxylation is 2. The predicted octanol–water partition coefficient (Wildman–Crippen LogP) is 2.06. The highest BCUT2D eigenvalue weighted by Crippen LogP contribution is 2.27. The van der Waals surface area contributed by atoms with E-state index in [0.717, 1.165) is 39.0 Å². The summed E-state index contributed by atoms with van der Waals surface area (Å²) < 4.78 is 0. The van der Waals surface area contributed by atoms with Gasteiger partial charge in [-0.1, -0.05) is 0 Å². The Balaban J connectivity index is 1.42. The lowest BCUT2D eigenvalue weighted by atomic mass is 10.0. The van der Waals surface area contributed by atoms with E-state index >= 15 is 0 Å². The van der Waals surface area contributed by atoms with E-state index in [0.29, 0.717) is 24.2 Å². The van der Waals surface area contributed by atoms with Crippen LogP contribution in [0.25, 0.3) is 0 Å². The third-order valence-electron chi connectivity index (χ3n) is 4.35. The van der Waals surface area contributed by atoms with Crippen molar-refractivity contribution in [2.75, 3.05) is 26.2 Å². The minimum atomic E-state index is 0.364. The zero-order valence-electron chi connectivity index (χ0n) is 11.5. The van der Waals surface area contributed by atoms with E-state index < -0.39 is 0 Å². The van der Waals surface area contributed by atoms with E-state index in [9.17, 15) is 4.79 Å². The van der Waals surface area contributed by atoms with Crippen LogP contribution in [0.2, 0.25) is 0 Å². The molecular formula is C15H22N2OS. The first-order valence-electron chi connectivity index (χ1n) is 7.26. The van der Waals surface area contributed by atoms with Gasteiger partial charge in [-0.2, -0.15) is 0 Å². The van der Waals surface area contributed by atoms with Gasteiger partial charge in [0, 0.05) is 42.4 Å². The van der Waals surface area contributed by atoms with E-state index in [1.54, 1.807) is 0 Å². The van der Waals surface area contributed by atoms with Gasteiger partial charge in [0.05, 0.1) is 0 Å². The van der Waals surface area contributed by atoms with Gasteiger partial charge in [-0.25, -0.2) is 0 Å². The molecule has 19 heavy (non-hydrogen) atoms. The van der Waals surface area contributed by atoms with Gasteiger partial charge >= 0.3 is 0 Å². The number of hydrogen-bond donors (Lipinski definition) is 1. The van der Waals surface area contributed by atoms with E-state index in [-0.39, 0.29) is 0 Å². The minimum Gasteiger partial charge on any atom is -0.342 e. The lowest BCUT2D eigenvalue weighted by molar-refractivity contribution is -0.130. The van der Waals surface area contributed by atoms with Crippen LogP contribution in [0, 0.1) is 18.8 Å². The summed E-state index contributed by atoms with van der Waals surface area (Å²) in [4.78, 5) is 17.0. The molecule has 1 aromatic heterocycles. The van der Waals surface area contributed by atoms with Crippen LogP contribution < -0.4 is 5.32 Å². The molecule has 0 unspecified atom stereocenters. The molecule has 2 aliphatic rings. The Morgan fingerprint density at radius 2 is 2.11 bits per heavy atom. The van der Waals surface area contributed by atoms with Crippen molar-refractivity contribution in [3.05, 3.63) is 21.9 Å². The number of hydrogen-bond acceptors (Lipinski definition) is 3. The Kier molecular flexibility index (Phi) is 3.89. The summed E-state index contributed by atoms with van der Waals surface area (Å²) >= 11 is 1.85. The van der Waals surface area contributed by atoms with Gasteiger partial charge in [0.2, 0.25) is 5.91 Å². The zero-order valence-corrected chi connectivity index (χ0v) is 12.3. The van der Waals surface area contributed by atoms with Crippen molar-refractivity contribution in [3.8, 4) is 0 Å². The summed E-state index contributed by atoms with van der Waals surface area (Å²) in [7, 11) is 0. The fraction of sp³-hybridized carbons (Fsp3) is 0.667. The highest BCUT2D eigenvalue weighted by Gasteiger charge is 2.37. The summed E-state index contributed by atoms with van der Waals surface area (Å²) in [5.74, 6) is 1.79. The SMILES string of the molecule is Cc1ccc(CCCC(=O)N2C[C@H]3CNC[C@H]3C2)s1. The van der Waals surface area contributed by atoms with Crippen molar-refractivity contribution < 1.29 is 4.79 Å². The second-order valence-electron chi connectivity index (χ2n) is 5.84. The maximum atomic E-state index is 12.2. The molecule has 0 spiro atoms. The number of fused-ring (bicyclic) bond motifs is 1. The molecule has 2 atom stereocenters. The maximum Gasteiger partial charge on any atom is 0.222 e. The average molecular weight is 278 g/mol. The molecule has 104 valence electrons. The smallest absolute Gasteiger partial charge is 0.222 e. The van der Waals surface area contributed by atoms with Gasteiger partial charge in [-0.05, 0) is 43.7 Å². The highest BCUT2D eigenvalue weighted by molar-refractivity contribution is 7.11. The maximum absolute atomic E-state index is 12.2. The van der Waals surface area contributed by atoms with Crippen LogP contribution in [-0.2, 0) is 11.2 Å². The van der Waals surface area contributed by atoms with Gasteiger partial charge < -0.3 is 10.2 Å². The van der Waals surface area contributed by atoms with Crippen LogP contribution in [0.4, 0.5) is 0 Å². The average Bonchev–Trinajstić information content (AvgIpc) is 3.03. The monoisotopic (exact) mass is 278 g/mol. The number of nitrogens with one attached hydrogen (secondary N) is 1. The fourth-order valence-electron chi connectivity index (χ4n) is 3.25. The molecule has 1 aromatic rings. The van der Waals surface area contributed by atoms with Gasteiger partial charge in [0.15, 0.2) is 0 Å². The number of nitrogens with zero attached hydrogens (tertiary/aromatic N) is 1. The fourth-order valence-corrected chi connectivity index (χ4v) is 4.18. The number of carbonyl (C=O) groups excluding carboxylic acids is 1. The molecule has 1 N–H and O–H groups in total. The van der Waals surface area contributed by atoms with Crippen molar-refractivity contribution in [2.24, 2.45) is 11.8 Å². The van der Waals surface area contributed by atoms with Gasteiger partial charge in [-0.3, -0.25) is 4.79 Å². The van der Waals surface area contributed by atoms with Gasteiger partial charge in [-0.15, -0.1) is 11.3 Å². The third kappa shape index (κ3) is 3.00. The summed E-state index contributed by atoms with van der Waals surface area (Å²) in [5.41, 5.74) is 0. The van der Waals surface area contributed by atoms with E-state index in [1.165, 1.54) is 9.75 Å². The van der Waals surface area contributed by atoms with Crippen molar-refractivity contribution in [1.82, 2.24) is 10.2 Å². The zero-order chi connectivity index (χ0) is 13.2. The lowest BCUT2D eigenvalue weighted by Gasteiger charge is -2.17. The summed E-state index contributed by atoms with van der Waals surface area (Å²) in [6.07, 6.45) is 2.75. The molecule has 0 saturated carbocycles. The Morgan fingerprint density at radius 1 is 1.37 bits per heavy atom. The summed E-state index contributed by atoms with van der Waals surface area (Å²) in [6.45, 7) is 6.30. The number of rotatable bonds is 4. The Morgan fingerprint density at radius 3 is 2.74 bits per heavy atom. The molecule has 0 aromatic carbocycles. The number of amides is 1. The molecule has 2 aliphatic heterocycles. The number of carbonyl (C=O) groups is 1. The molecule has 2 saturated heterocycles. The molecular weight excluding hydrogens is 256 g/mol. The van der Waals surface area contributed by atoms with Crippen molar-refractivity contribution >= 4 is 17.2 Å². The second-order valence-corrected chi connectivity index (χ2v) is 7.22. The first kappa shape index (κ1) is 13.1. The molecule has 1 amide bonds. The van der Waals surface area contributed by atoms with Crippen LogP contribution in [0.15, 0.2) is 12.1 Å². The first-order chi connectivity index (χ1) is 9.22. The summed E-state index contributed by atoms with van der Waals surface area (Å²) in [6, 6.07) is 4.35. The van der Waals surface area contributed by atoms with E-state index in [1.807, 2.05) is 11.3 Å². The van der Waals surface area contributed by atoms with Crippen molar-refractivity contribution in [1.29, 1.82) is 0 Å². The van der Waals surface area contributed by atoms with Crippen LogP contribution >= 0.6 is 11.3 Å². The highest BCUT2D eigenvalue weighted by atomic mass is 32.1. The molecule has 3 rings (SSSR count). The van der Waals surface area contributed by atoms with Crippen LogP contribution in [0.3, 0.4) is 0 Å². The Labute approximate surface area is 119 Å². The molecule has 0 aliphatic carbocycles. The van der Waals surface area contributed by atoms with Crippen LogP contribution in [0.5, 0.6) is 0 Å². The molecule has 3 nitrogen and oxygen atoms in total. The Hall–Kier alpha value is -0.870. The molecule has 0 radical (unpaired) electrons. The molecule has 2 fully saturated rings.